The number of ether oxygens (including phenoxy) is 1. The lowest BCUT2D eigenvalue weighted by molar-refractivity contribution is -0.138. The largest absolute Gasteiger partial charge is 0.452 e. The summed E-state index contributed by atoms with van der Waals surface area (Å²) in [4.78, 5) is 38.0. The third-order valence-corrected chi connectivity index (χ3v) is 5.09. The minimum absolute atomic E-state index is 0.267. The lowest BCUT2D eigenvalue weighted by atomic mass is 9.81. The molecule has 1 fully saturated rings. The van der Waals surface area contributed by atoms with Crippen LogP contribution >= 0.6 is 0 Å². The number of amides is 1. The second kappa shape index (κ2) is 7.62. The first kappa shape index (κ1) is 18.6. The van der Waals surface area contributed by atoms with Crippen LogP contribution in [0.4, 0.5) is 0 Å². The molecule has 3 rings (SSSR count). The van der Waals surface area contributed by atoms with Gasteiger partial charge in [-0.15, -0.1) is 0 Å². The molecule has 0 radical (unpaired) electrons. The Labute approximate surface area is 156 Å². The lowest BCUT2D eigenvalue weighted by Crippen LogP contribution is -2.51. The minimum Gasteiger partial charge on any atom is -0.452 e. The summed E-state index contributed by atoms with van der Waals surface area (Å²) in [6, 6.07) is 10.4. The summed E-state index contributed by atoms with van der Waals surface area (Å²) in [7, 11) is 1.55. The lowest BCUT2D eigenvalue weighted by Gasteiger charge is -2.38. The molecule has 2 aromatic rings. The van der Waals surface area contributed by atoms with Crippen LogP contribution in [-0.2, 0) is 9.53 Å². The maximum Gasteiger partial charge on any atom is 0.351 e. The molecule has 140 valence electrons. The number of hydrogen-bond donors (Lipinski definition) is 0. The molecule has 1 amide bonds. The molecular weight excluding hydrogens is 348 g/mol. The first-order valence-corrected chi connectivity index (χ1v) is 8.85. The van der Waals surface area contributed by atoms with Gasteiger partial charge < -0.3 is 14.1 Å². The second-order valence-electron chi connectivity index (χ2n) is 6.72. The van der Waals surface area contributed by atoms with Crippen molar-refractivity contribution in [2.45, 2.75) is 37.6 Å². The van der Waals surface area contributed by atoms with Gasteiger partial charge in [0.15, 0.2) is 6.61 Å². The summed E-state index contributed by atoms with van der Waals surface area (Å²) < 4.78 is 10.1. The Hall–Kier alpha value is -3.14. The Morgan fingerprint density at radius 3 is 2.67 bits per heavy atom. The molecule has 0 spiro atoms. The summed E-state index contributed by atoms with van der Waals surface area (Å²) in [5, 5.41) is 10.1. The first-order chi connectivity index (χ1) is 13.0. The highest BCUT2D eigenvalue weighted by atomic mass is 16.5. The second-order valence-corrected chi connectivity index (χ2v) is 6.72. The molecule has 1 aromatic carbocycles. The van der Waals surface area contributed by atoms with Crippen LogP contribution in [0.5, 0.6) is 0 Å². The molecule has 1 aliphatic carbocycles. The number of para-hydroxylation sites is 1. The van der Waals surface area contributed by atoms with Crippen LogP contribution in [0.3, 0.4) is 0 Å². The van der Waals surface area contributed by atoms with Crippen LogP contribution < -0.4 is 5.63 Å². The Morgan fingerprint density at radius 1 is 1.26 bits per heavy atom. The summed E-state index contributed by atoms with van der Waals surface area (Å²) in [5.41, 5.74) is -1.58. The van der Waals surface area contributed by atoms with E-state index in [1.165, 1.54) is 11.0 Å². The number of likely N-dealkylation sites (N-methyl/N-ethyl adjacent to an activating group) is 1. The maximum absolute atomic E-state index is 12.4. The van der Waals surface area contributed by atoms with Gasteiger partial charge in [-0.05, 0) is 25.0 Å². The van der Waals surface area contributed by atoms with Crippen LogP contribution in [0, 0.1) is 11.3 Å². The maximum atomic E-state index is 12.4. The third kappa shape index (κ3) is 3.70. The Morgan fingerprint density at radius 2 is 1.96 bits per heavy atom. The highest BCUT2D eigenvalue weighted by Gasteiger charge is 2.39. The van der Waals surface area contributed by atoms with E-state index in [-0.39, 0.29) is 5.56 Å². The average Bonchev–Trinajstić information content (AvgIpc) is 2.71. The number of carbonyl (C=O) groups is 2. The predicted octanol–water partition coefficient (Wildman–Crippen LogP) is 2.63. The fraction of sp³-hybridized carbons (Fsp3) is 0.400. The zero-order chi connectivity index (χ0) is 19.4. The Kier molecular flexibility index (Phi) is 5.26. The molecule has 0 atom stereocenters. The van der Waals surface area contributed by atoms with Gasteiger partial charge in [-0.1, -0.05) is 37.5 Å². The zero-order valence-electron chi connectivity index (χ0n) is 15.1. The van der Waals surface area contributed by atoms with Gasteiger partial charge in [-0.2, -0.15) is 5.26 Å². The zero-order valence-corrected chi connectivity index (χ0v) is 15.1. The predicted molar refractivity (Wildman–Crippen MR) is 97.0 cm³/mol. The standard InChI is InChI=1S/C20H20N2O5/c1-22(20(13-21)9-5-2-6-10-20)17(23)12-26-18(24)15-11-14-7-3-4-8-16(14)27-19(15)25/h3-4,7-8,11H,2,5-6,9-10,12H2,1H3. The van der Waals surface area contributed by atoms with Gasteiger partial charge in [0.25, 0.3) is 5.91 Å². The summed E-state index contributed by atoms with van der Waals surface area (Å²) in [6.45, 7) is -0.537. The highest BCUT2D eigenvalue weighted by molar-refractivity contribution is 5.94. The van der Waals surface area contributed by atoms with Crippen molar-refractivity contribution in [3.63, 3.8) is 0 Å². The summed E-state index contributed by atoms with van der Waals surface area (Å²) in [5.74, 6) is -1.40. The van der Waals surface area contributed by atoms with Crippen molar-refractivity contribution in [3.8, 4) is 6.07 Å². The topological polar surface area (TPSA) is 101 Å². The smallest absolute Gasteiger partial charge is 0.351 e. The summed E-state index contributed by atoms with van der Waals surface area (Å²) >= 11 is 0. The van der Waals surface area contributed by atoms with Crippen LogP contribution in [-0.4, -0.2) is 36.0 Å². The van der Waals surface area contributed by atoms with Crippen molar-refractivity contribution >= 4 is 22.8 Å². The van der Waals surface area contributed by atoms with Gasteiger partial charge in [0.2, 0.25) is 0 Å². The molecule has 0 aliphatic heterocycles. The van der Waals surface area contributed by atoms with Crippen LogP contribution in [0.15, 0.2) is 39.5 Å². The van der Waals surface area contributed by atoms with Gasteiger partial charge in [-0.3, -0.25) is 4.79 Å². The van der Waals surface area contributed by atoms with Crippen molar-refractivity contribution in [3.05, 3.63) is 46.3 Å². The van der Waals surface area contributed by atoms with Crippen LogP contribution in [0.2, 0.25) is 0 Å². The summed E-state index contributed by atoms with van der Waals surface area (Å²) in [6.07, 6.45) is 4.01. The minimum atomic E-state index is -0.925. The molecule has 1 aliphatic rings. The van der Waals surface area contributed by atoms with E-state index in [9.17, 15) is 19.6 Å². The molecule has 27 heavy (non-hydrogen) atoms. The van der Waals surface area contributed by atoms with E-state index < -0.39 is 29.6 Å². The number of carbonyl (C=O) groups excluding carboxylic acids is 2. The quantitative estimate of drug-likeness (QED) is 0.607. The average molecular weight is 368 g/mol. The van der Waals surface area contributed by atoms with Crippen molar-refractivity contribution in [1.29, 1.82) is 5.26 Å². The van der Waals surface area contributed by atoms with E-state index in [0.717, 1.165) is 19.3 Å². The van der Waals surface area contributed by atoms with Gasteiger partial charge in [0.05, 0.1) is 6.07 Å². The normalized spacial score (nSPS) is 15.7. The van der Waals surface area contributed by atoms with E-state index in [0.29, 0.717) is 23.8 Å². The van der Waals surface area contributed by atoms with Gasteiger partial charge in [0, 0.05) is 12.4 Å². The van der Waals surface area contributed by atoms with E-state index >= 15 is 0 Å². The van der Waals surface area contributed by atoms with Gasteiger partial charge >= 0.3 is 11.6 Å². The number of hydrogen-bond acceptors (Lipinski definition) is 6. The molecule has 7 heteroatoms. The third-order valence-electron chi connectivity index (χ3n) is 5.09. The first-order valence-electron chi connectivity index (χ1n) is 8.85. The molecule has 1 heterocycles. The van der Waals surface area contributed by atoms with Crippen LogP contribution in [0.25, 0.3) is 11.0 Å². The van der Waals surface area contributed by atoms with Crippen molar-refractivity contribution < 1.29 is 18.7 Å². The SMILES string of the molecule is CN(C(=O)COC(=O)c1cc2ccccc2oc1=O)C1(C#N)CCCCC1. The monoisotopic (exact) mass is 368 g/mol. The number of rotatable bonds is 4. The molecule has 0 unspecified atom stereocenters. The van der Waals surface area contributed by atoms with E-state index in [1.54, 1.807) is 31.3 Å². The number of nitriles is 1. The van der Waals surface area contributed by atoms with E-state index in [2.05, 4.69) is 6.07 Å². The molecule has 1 saturated carbocycles. The van der Waals surface area contributed by atoms with Crippen molar-refractivity contribution in [2.24, 2.45) is 0 Å². The molecule has 0 saturated heterocycles. The van der Waals surface area contributed by atoms with Gasteiger partial charge in [0.1, 0.15) is 16.7 Å². The van der Waals surface area contributed by atoms with Crippen molar-refractivity contribution in [2.75, 3.05) is 13.7 Å². The number of esters is 1. The fourth-order valence-electron chi connectivity index (χ4n) is 3.40. The van der Waals surface area contributed by atoms with Crippen molar-refractivity contribution in [1.82, 2.24) is 4.90 Å². The molecule has 7 nitrogen and oxygen atoms in total. The Balaban J connectivity index is 1.70. The molecular formula is C20H20N2O5. The van der Waals surface area contributed by atoms with E-state index in [1.807, 2.05) is 0 Å². The van der Waals surface area contributed by atoms with E-state index in [4.69, 9.17) is 9.15 Å². The molecule has 1 aromatic heterocycles. The fourth-order valence-corrected chi connectivity index (χ4v) is 3.40. The number of fused-ring (bicyclic) bond motifs is 1. The molecule has 0 bridgehead atoms. The Bertz CT molecular complexity index is 966. The molecule has 0 N–H and O–H groups in total. The number of benzene rings is 1. The van der Waals surface area contributed by atoms with Crippen LogP contribution in [0.1, 0.15) is 42.5 Å². The van der Waals surface area contributed by atoms with Gasteiger partial charge in [-0.25, -0.2) is 9.59 Å². The highest BCUT2D eigenvalue weighted by Crippen LogP contribution is 2.32. The number of nitrogens with zero attached hydrogens (tertiary/aromatic N) is 2.